The first-order valence-corrected chi connectivity index (χ1v) is 11.4. The number of imide groups is 1. The number of aliphatic hydroxyl groups excluding tert-OH is 1. The van der Waals surface area contributed by atoms with E-state index in [0.29, 0.717) is 35.6 Å². The summed E-state index contributed by atoms with van der Waals surface area (Å²) in [6.07, 6.45) is 4.16. The van der Waals surface area contributed by atoms with Crippen LogP contribution >= 0.6 is 0 Å². The SMILES string of the molecule is CC1CCN(CC(=N)/C=C(\O)COc2cccc3c2CN(C2CCC(=O)NC2=O)C3=O)CC1. The summed E-state index contributed by atoms with van der Waals surface area (Å²) in [5, 5.41) is 20.7. The molecule has 1 aromatic rings. The maximum atomic E-state index is 12.9. The number of hydrogen-bond acceptors (Lipinski definition) is 7. The van der Waals surface area contributed by atoms with Crippen LogP contribution in [0.1, 0.15) is 48.5 Å². The Kier molecular flexibility index (Phi) is 6.78. The average Bonchev–Trinajstić information content (AvgIpc) is 3.11. The van der Waals surface area contributed by atoms with Gasteiger partial charge in [-0.2, -0.15) is 0 Å². The van der Waals surface area contributed by atoms with Crippen LogP contribution in [-0.2, 0) is 16.1 Å². The number of benzene rings is 1. The number of nitrogens with one attached hydrogen (secondary N) is 2. The molecule has 0 radical (unpaired) electrons. The highest BCUT2D eigenvalue weighted by molar-refractivity contribution is 6.05. The summed E-state index contributed by atoms with van der Waals surface area (Å²) >= 11 is 0. The Hall–Kier alpha value is -3.20. The van der Waals surface area contributed by atoms with Gasteiger partial charge in [-0.15, -0.1) is 0 Å². The van der Waals surface area contributed by atoms with Gasteiger partial charge < -0.3 is 20.2 Å². The number of likely N-dealkylation sites (tertiary alicyclic amines) is 1. The fourth-order valence-corrected chi connectivity index (χ4v) is 4.59. The summed E-state index contributed by atoms with van der Waals surface area (Å²) in [5.41, 5.74) is 1.42. The molecule has 4 rings (SSSR count). The van der Waals surface area contributed by atoms with Gasteiger partial charge in [-0.3, -0.25) is 24.6 Å². The Morgan fingerprint density at radius 3 is 2.73 bits per heavy atom. The number of piperidine rings is 2. The molecule has 1 aromatic carbocycles. The van der Waals surface area contributed by atoms with E-state index in [0.717, 1.165) is 31.8 Å². The number of aliphatic hydroxyl groups is 1. The minimum atomic E-state index is -0.693. The van der Waals surface area contributed by atoms with Crippen molar-refractivity contribution in [3.8, 4) is 5.75 Å². The largest absolute Gasteiger partial charge is 0.509 e. The number of hydrogen-bond donors (Lipinski definition) is 3. The van der Waals surface area contributed by atoms with Crippen LogP contribution in [0, 0.1) is 11.3 Å². The molecule has 0 spiro atoms. The summed E-state index contributed by atoms with van der Waals surface area (Å²) in [4.78, 5) is 40.2. The number of rotatable bonds is 7. The Morgan fingerprint density at radius 1 is 1.24 bits per heavy atom. The molecule has 9 nitrogen and oxygen atoms in total. The first-order valence-electron chi connectivity index (χ1n) is 11.4. The first kappa shape index (κ1) is 23.0. The highest BCUT2D eigenvalue weighted by atomic mass is 16.5. The van der Waals surface area contributed by atoms with Gasteiger partial charge in [0, 0.05) is 35.9 Å². The summed E-state index contributed by atoms with van der Waals surface area (Å²) in [7, 11) is 0. The second-order valence-corrected chi connectivity index (χ2v) is 9.09. The van der Waals surface area contributed by atoms with Crippen LogP contribution in [-0.4, -0.2) is 70.6 Å². The van der Waals surface area contributed by atoms with E-state index < -0.39 is 11.9 Å². The number of fused-ring (bicyclic) bond motifs is 1. The van der Waals surface area contributed by atoms with E-state index in [9.17, 15) is 19.5 Å². The third-order valence-corrected chi connectivity index (χ3v) is 6.53. The van der Waals surface area contributed by atoms with E-state index in [2.05, 4.69) is 17.1 Å². The highest BCUT2D eigenvalue weighted by Crippen LogP contribution is 2.33. The van der Waals surface area contributed by atoms with E-state index >= 15 is 0 Å². The minimum absolute atomic E-state index is 0.0608. The molecule has 1 atom stereocenters. The van der Waals surface area contributed by atoms with Gasteiger partial charge in [0.2, 0.25) is 11.8 Å². The van der Waals surface area contributed by atoms with E-state index in [1.807, 2.05) is 0 Å². The number of carbonyl (C=O) groups excluding carboxylic acids is 3. The molecule has 3 N–H and O–H groups in total. The standard InChI is InChI=1S/C24H30N4O5/c1-15-7-9-27(10-8-15)12-16(25)11-17(29)14-33-21-4-2-3-18-19(21)13-28(24(18)32)20-5-6-22(30)26-23(20)31/h2-4,11,15,20,25,29H,5-10,12-14H2,1H3,(H,26,30,31)/b17-11-,25-16?. The first-order chi connectivity index (χ1) is 15.8. The quantitative estimate of drug-likeness (QED) is 0.329. The normalized spacial score (nSPS) is 22.3. The molecule has 3 amide bonds. The molecule has 3 heterocycles. The molecular formula is C24H30N4O5. The van der Waals surface area contributed by atoms with Crippen molar-refractivity contribution in [2.24, 2.45) is 5.92 Å². The van der Waals surface area contributed by atoms with Crippen molar-refractivity contribution in [3.05, 3.63) is 41.2 Å². The van der Waals surface area contributed by atoms with E-state index in [1.54, 1.807) is 18.2 Å². The van der Waals surface area contributed by atoms with Gasteiger partial charge in [0.1, 0.15) is 24.2 Å². The van der Waals surface area contributed by atoms with E-state index in [-0.39, 0.29) is 37.1 Å². The van der Waals surface area contributed by atoms with E-state index in [4.69, 9.17) is 10.1 Å². The van der Waals surface area contributed by atoms with Crippen molar-refractivity contribution < 1.29 is 24.2 Å². The second-order valence-electron chi connectivity index (χ2n) is 9.09. The van der Waals surface area contributed by atoms with Gasteiger partial charge in [0.15, 0.2) is 0 Å². The Balaban J connectivity index is 1.36. The molecule has 0 bridgehead atoms. The van der Waals surface area contributed by atoms with Crippen molar-refractivity contribution in [1.29, 1.82) is 5.41 Å². The lowest BCUT2D eigenvalue weighted by atomic mass is 9.99. The maximum Gasteiger partial charge on any atom is 0.255 e. The van der Waals surface area contributed by atoms with Gasteiger partial charge in [-0.05, 0) is 50.4 Å². The monoisotopic (exact) mass is 454 g/mol. The van der Waals surface area contributed by atoms with Crippen LogP contribution in [0.2, 0.25) is 0 Å². The number of amides is 3. The lowest BCUT2D eigenvalue weighted by Crippen LogP contribution is -2.52. The molecule has 176 valence electrons. The van der Waals surface area contributed by atoms with E-state index in [1.165, 1.54) is 11.0 Å². The predicted molar refractivity (Wildman–Crippen MR) is 121 cm³/mol. The van der Waals surface area contributed by atoms with Gasteiger partial charge >= 0.3 is 0 Å². The summed E-state index contributed by atoms with van der Waals surface area (Å²) in [6.45, 7) is 4.73. The highest BCUT2D eigenvalue weighted by Gasteiger charge is 2.40. The molecule has 0 aliphatic carbocycles. The zero-order valence-electron chi connectivity index (χ0n) is 18.8. The van der Waals surface area contributed by atoms with Crippen LogP contribution in [0.4, 0.5) is 0 Å². The van der Waals surface area contributed by atoms with Crippen molar-refractivity contribution in [2.75, 3.05) is 26.2 Å². The van der Waals surface area contributed by atoms with Crippen molar-refractivity contribution in [1.82, 2.24) is 15.1 Å². The number of nitrogens with zero attached hydrogens (tertiary/aromatic N) is 2. The summed E-state index contributed by atoms with van der Waals surface area (Å²) in [6, 6.07) is 4.40. The van der Waals surface area contributed by atoms with Crippen molar-refractivity contribution >= 4 is 23.4 Å². The third kappa shape index (κ3) is 5.24. The molecule has 2 saturated heterocycles. The molecule has 1 unspecified atom stereocenters. The number of ether oxygens (including phenoxy) is 1. The van der Waals surface area contributed by atoms with Gasteiger partial charge in [-0.1, -0.05) is 13.0 Å². The molecule has 0 saturated carbocycles. The fourth-order valence-electron chi connectivity index (χ4n) is 4.59. The van der Waals surface area contributed by atoms with Crippen LogP contribution in [0.15, 0.2) is 30.0 Å². The second kappa shape index (κ2) is 9.74. The molecule has 3 aliphatic rings. The van der Waals surface area contributed by atoms with Gasteiger partial charge in [0.05, 0.1) is 6.54 Å². The molecule has 33 heavy (non-hydrogen) atoms. The van der Waals surface area contributed by atoms with Crippen molar-refractivity contribution in [2.45, 2.75) is 45.2 Å². The minimum Gasteiger partial charge on any atom is -0.509 e. The molecule has 9 heteroatoms. The lowest BCUT2D eigenvalue weighted by Gasteiger charge is -2.29. The summed E-state index contributed by atoms with van der Waals surface area (Å²) < 4.78 is 5.78. The van der Waals surface area contributed by atoms with Gasteiger partial charge in [-0.25, -0.2) is 0 Å². The fraction of sp³-hybridized carbons (Fsp3) is 0.500. The Bertz CT molecular complexity index is 997. The molecule has 2 fully saturated rings. The van der Waals surface area contributed by atoms with Gasteiger partial charge in [0.25, 0.3) is 5.91 Å². The summed E-state index contributed by atoms with van der Waals surface area (Å²) in [5.74, 6) is 0.0474. The number of carbonyl (C=O) groups is 3. The average molecular weight is 455 g/mol. The molecule has 0 aromatic heterocycles. The van der Waals surface area contributed by atoms with Crippen LogP contribution in [0.25, 0.3) is 0 Å². The molecule has 3 aliphatic heterocycles. The topological polar surface area (TPSA) is 123 Å². The lowest BCUT2D eigenvalue weighted by molar-refractivity contribution is -0.136. The van der Waals surface area contributed by atoms with Crippen LogP contribution < -0.4 is 10.1 Å². The Morgan fingerprint density at radius 2 is 2.00 bits per heavy atom. The maximum absolute atomic E-state index is 12.9. The predicted octanol–water partition coefficient (Wildman–Crippen LogP) is 2.02. The van der Waals surface area contributed by atoms with Crippen LogP contribution in [0.5, 0.6) is 5.75 Å². The zero-order valence-corrected chi connectivity index (χ0v) is 18.8. The molecular weight excluding hydrogens is 424 g/mol. The Labute approximate surface area is 192 Å². The zero-order chi connectivity index (χ0) is 23.5. The third-order valence-electron chi connectivity index (χ3n) is 6.53. The van der Waals surface area contributed by atoms with Crippen molar-refractivity contribution in [3.63, 3.8) is 0 Å². The van der Waals surface area contributed by atoms with Crippen LogP contribution in [0.3, 0.4) is 0 Å². The smallest absolute Gasteiger partial charge is 0.255 e.